The molecule has 5 aromatic rings. The van der Waals surface area contributed by atoms with Crippen molar-refractivity contribution >= 4 is 33.6 Å². The molecule has 0 saturated heterocycles. The zero-order valence-corrected chi connectivity index (χ0v) is 17.2. The zero-order valence-electron chi connectivity index (χ0n) is 17.2. The molecule has 1 fully saturated rings. The van der Waals surface area contributed by atoms with Gasteiger partial charge in [-0.2, -0.15) is 5.10 Å². The minimum absolute atomic E-state index is 0.838. The van der Waals surface area contributed by atoms with Crippen LogP contribution in [0, 0.1) is 0 Å². The van der Waals surface area contributed by atoms with Gasteiger partial charge in [0.05, 0.1) is 29.4 Å². The highest BCUT2D eigenvalue weighted by Crippen LogP contribution is 2.34. The Kier molecular flexibility index (Phi) is 4.24. The standard InChI is InChI=1S/C25H20N6O/c26-11-18(13-27-12-15-1-2-15)16-3-4-22-19(9-16)25(31-30-22)23-10-20-21(29-23)5-7-28-24(20)17-6-8-32-14-17/h3-14,29H,1-2,26H2,(H,30,31)/b18-11+,27-13?. The number of hydrogen-bond donors (Lipinski definition) is 3. The van der Waals surface area contributed by atoms with Gasteiger partial charge in [0.25, 0.3) is 0 Å². The molecule has 0 spiro atoms. The first-order valence-electron chi connectivity index (χ1n) is 10.4. The van der Waals surface area contributed by atoms with Gasteiger partial charge < -0.3 is 15.1 Å². The number of fused-ring (bicyclic) bond motifs is 2. The minimum Gasteiger partial charge on any atom is -0.472 e. The van der Waals surface area contributed by atoms with Crippen molar-refractivity contribution in [1.29, 1.82) is 0 Å². The van der Waals surface area contributed by atoms with Crippen LogP contribution < -0.4 is 5.73 Å². The minimum atomic E-state index is 0.838. The topological polar surface area (TPSA) is 109 Å². The van der Waals surface area contributed by atoms with Crippen LogP contribution in [0.25, 0.3) is 50.0 Å². The van der Waals surface area contributed by atoms with Gasteiger partial charge in [-0.15, -0.1) is 0 Å². The van der Waals surface area contributed by atoms with Gasteiger partial charge in [0, 0.05) is 52.2 Å². The highest BCUT2D eigenvalue weighted by molar-refractivity contribution is 6.11. The number of allylic oxidation sites excluding steroid dienone is 2. The molecule has 0 atom stereocenters. The summed E-state index contributed by atoms with van der Waals surface area (Å²) in [6.07, 6.45) is 12.7. The normalized spacial score (nSPS) is 14.1. The van der Waals surface area contributed by atoms with E-state index in [4.69, 9.17) is 10.2 Å². The first-order chi connectivity index (χ1) is 15.8. The van der Waals surface area contributed by atoms with Gasteiger partial charge in [0.15, 0.2) is 0 Å². The van der Waals surface area contributed by atoms with Crippen LogP contribution in [0.5, 0.6) is 0 Å². The van der Waals surface area contributed by atoms with Crippen molar-refractivity contribution in [3.63, 3.8) is 0 Å². The summed E-state index contributed by atoms with van der Waals surface area (Å²) >= 11 is 0. The number of furan rings is 1. The SMILES string of the molecule is N/C=C(\C=NC=C1CC1)c1ccc2[nH]nc(-c3cc4c(-c5ccoc5)nccc4[nH]3)c2c1. The van der Waals surface area contributed by atoms with E-state index >= 15 is 0 Å². The second-order valence-electron chi connectivity index (χ2n) is 7.84. The Morgan fingerprint density at radius 3 is 2.78 bits per heavy atom. The molecule has 0 unspecified atom stereocenters. The van der Waals surface area contributed by atoms with Crippen molar-refractivity contribution in [2.24, 2.45) is 10.7 Å². The Morgan fingerprint density at radius 2 is 1.97 bits per heavy atom. The second-order valence-corrected chi connectivity index (χ2v) is 7.84. The molecule has 156 valence electrons. The summed E-state index contributed by atoms with van der Waals surface area (Å²) in [5, 5.41) is 9.73. The molecule has 0 aliphatic heterocycles. The average molecular weight is 420 g/mol. The molecule has 1 saturated carbocycles. The first-order valence-corrected chi connectivity index (χ1v) is 10.4. The fourth-order valence-corrected chi connectivity index (χ4v) is 3.85. The van der Waals surface area contributed by atoms with Crippen molar-refractivity contribution in [3.05, 3.63) is 78.7 Å². The maximum Gasteiger partial charge on any atom is 0.116 e. The van der Waals surface area contributed by atoms with E-state index in [0.717, 1.165) is 68.4 Å². The third-order valence-corrected chi connectivity index (χ3v) is 5.68. The lowest BCUT2D eigenvalue weighted by Gasteiger charge is -2.02. The third-order valence-electron chi connectivity index (χ3n) is 5.68. The smallest absolute Gasteiger partial charge is 0.116 e. The lowest BCUT2D eigenvalue weighted by molar-refractivity contribution is 0.568. The molecular formula is C25H20N6O. The van der Waals surface area contributed by atoms with Crippen LogP contribution in [0.1, 0.15) is 18.4 Å². The van der Waals surface area contributed by atoms with Crippen LogP contribution in [-0.2, 0) is 0 Å². The van der Waals surface area contributed by atoms with E-state index in [2.05, 4.69) is 37.3 Å². The Labute approximate surface area is 183 Å². The summed E-state index contributed by atoms with van der Waals surface area (Å²) < 4.78 is 5.25. The Bertz CT molecular complexity index is 1530. The van der Waals surface area contributed by atoms with E-state index in [-0.39, 0.29) is 0 Å². The summed E-state index contributed by atoms with van der Waals surface area (Å²) in [7, 11) is 0. The van der Waals surface area contributed by atoms with Crippen molar-refractivity contribution in [2.45, 2.75) is 12.8 Å². The molecule has 6 rings (SSSR count). The number of nitrogens with two attached hydrogens (primary N) is 1. The van der Waals surface area contributed by atoms with E-state index < -0.39 is 0 Å². The summed E-state index contributed by atoms with van der Waals surface area (Å²) in [5.41, 5.74) is 14.6. The van der Waals surface area contributed by atoms with Gasteiger partial charge >= 0.3 is 0 Å². The van der Waals surface area contributed by atoms with Crippen LogP contribution in [-0.4, -0.2) is 26.4 Å². The van der Waals surface area contributed by atoms with E-state index in [1.54, 1.807) is 31.1 Å². The molecule has 0 radical (unpaired) electrons. The van der Waals surface area contributed by atoms with Crippen LogP contribution in [0.4, 0.5) is 0 Å². The fraction of sp³-hybridized carbons (Fsp3) is 0.0800. The quantitative estimate of drug-likeness (QED) is 0.330. The number of nitrogens with zero attached hydrogens (tertiary/aromatic N) is 3. The molecule has 4 N–H and O–H groups in total. The summed E-state index contributed by atoms with van der Waals surface area (Å²) in [6.45, 7) is 0. The lowest BCUT2D eigenvalue weighted by Crippen LogP contribution is -1.91. The predicted molar refractivity (Wildman–Crippen MR) is 127 cm³/mol. The van der Waals surface area contributed by atoms with Gasteiger partial charge in [-0.25, -0.2) is 0 Å². The Balaban J connectivity index is 1.43. The number of aromatic amines is 2. The summed E-state index contributed by atoms with van der Waals surface area (Å²) in [4.78, 5) is 12.4. The van der Waals surface area contributed by atoms with E-state index in [9.17, 15) is 0 Å². The average Bonchev–Trinajstić information content (AvgIpc) is 3.22. The maximum atomic E-state index is 5.90. The number of aromatic nitrogens is 4. The largest absolute Gasteiger partial charge is 0.472 e. The molecule has 7 nitrogen and oxygen atoms in total. The second kappa shape index (κ2) is 7.39. The number of nitrogens with one attached hydrogen (secondary N) is 2. The van der Waals surface area contributed by atoms with Gasteiger partial charge in [0.1, 0.15) is 5.69 Å². The third kappa shape index (κ3) is 3.20. The van der Waals surface area contributed by atoms with Crippen LogP contribution >= 0.6 is 0 Å². The molecule has 0 bridgehead atoms. The number of rotatable bonds is 5. The molecule has 7 heteroatoms. The van der Waals surface area contributed by atoms with E-state index in [1.807, 2.05) is 30.5 Å². The summed E-state index contributed by atoms with van der Waals surface area (Å²) in [5.74, 6) is 0. The van der Waals surface area contributed by atoms with Gasteiger partial charge in [-0.1, -0.05) is 11.6 Å². The zero-order chi connectivity index (χ0) is 21.5. The van der Waals surface area contributed by atoms with Crippen molar-refractivity contribution in [2.75, 3.05) is 0 Å². The van der Waals surface area contributed by atoms with Crippen LogP contribution in [0.15, 0.2) is 82.5 Å². The van der Waals surface area contributed by atoms with Crippen molar-refractivity contribution in [3.8, 4) is 22.6 Å². The molecule has 4 aromatic heterocycles. The monoisotopic (exact) mass is 420 g/mol. The Hall–Kier alpha value is -4.39. The number of hydrogen-bond acceptors (Lipinski definition) is 5. The molecular weight excluding hydrogens is 400 g/mol. The lowest BCUT2D eigenvalue weighted by atomic mass is 10.0. The summed E-state index contributed by atoms with van der Waals surface area (Å²) in [6, 6.07) is 12.1. The molecule has 4 heterocycles. The fourth-order valence-electron chi connectivity index (χ4n) is 3.85. The van der Waals surface area contributed by atoms with E-state index in [1.165, 1.54) is 5.57 Å². The highest BCUT2D eigenvalue weighted by atomic mass is 16.3. The number of H-pyrrole nitrogens is 2. The molecule has 32 heavy (non-hydrogen) atoms. The highest BCUT2D eigenvalue weighted by Gasteiger charge is 2.15. The van der Waals surface area contributed by atoms with Crippen LogP contribution in [0.2, 0.25) is 0 Å². The van der Waals surface area contributed by atoms with E-state index in [0.29, 0.717) is 0 Å². The molecule has 1 aromatic carbocycles. The predicted octanol–water partition coefficient (Wildman–Crippen LogP) is 5.41. The molecule has 1 aliphatic rings. The van der Waals surface area contributed by atoms with Gasteiger partial charge in [-0.3, -0.25) is 15.1 Å². The van der Waals surface area contributed by atoms with Crippen molar-refractivity contribution in [1.82, 2.24) is 20.2 Å². The first kappa shape index (κ1) is 18.4. The van der Waals surface area contributed by atoms with Gasteiger partial charge in [0.2, 0.25) is 0 Å². The number of pyridine rings is 1. The Morgan fingerprint density at radius 1 is 1.06 bits per heavy atom. The van der Waals surface area contributed by atoms with Crippen LogP contribution in [0.3, 0.4) is 0 Å². The van der Waals surface area contributed by atoms with Gasteiger partial charge in [-0.05, 0) is 48.7 Å². The number of benzene rings is 1. The molecule has 1 aliphatic carbocycles. The van der Waals surface area contributed by atoms with Crippen molar-refractivity contribution < 1.29 is 4.42 Å². The maximum absolute atomic E-state index is 5.90. The number of aliphatic imine (C=N–C) groups is 1. The molecule has 0 amide bonds.